The fraction of sp³-hybridized carbons (Fsp3) is 0.156. The Bertz CT molecular complexity index is 2460. The molecule has 0 bridgehead atoms. The summed E-state index contributed by atoms with van der Waals surface area (Å²) in [5.74, 6) is 0. The molecule has 45 heavy (non-hydrogen) atoms. The largest absolute Gasteiger partial charge is 0.0619 e. The standard InChI is InChI=1S/C45H36/c1-44(2,3)35-24-33-15-10-27-16-19-36(39-21-18-34(25-35)42(33)43(27)39)32-14-13-28-22-29(11-12-30(28)23-32)31-17-20-38-37-8-6-7-9-40(37)45(4,5)41(38)26-31/h6-26H,1-5H3. The first kappa shape index (κ1) is 26.5. The zero-order valence-corrected chi connectivity index (χ0v) is 26.6. The van der Waals surface area contributed by atoms with E-state index in [4.69, 9.17) is 0 Å². The molecule has 0 nitrogen and oxygen atoms in total. The van der Waals surface area contributed by atoms with Gasteiger partial charge in [-0.25, -0.2) is 0 Å². The van der Waals surface area contributed by atoms with E-state index in [9.17, 15) is 0 Å². The Labute approximate surface area is 265 Å². The van der Waals surface area contributed by atoms with Crippen LogP contribution < -0.4 is 0 Å². The molecular formula is C45H36. The topological polar surface area (TPSA) is 0 Å². The second kappa shape index (κ2) is 9.05. The van der Waals surface area contributed by atoms with Crippen molar-refractivity contribution in [3.05, 3.63) is 144 Å². The van der Waals surface area contributed by atoms with Gasteiger partial charge in [-0.05, 0) is 117 Å². The third-order valence-electron chi connectivity index (χ3n) is 10.5. The highest BCUT2D eigenvalue weighted by Gasteiger charge is 2.35. The Morgan fingerprint density at radius 3 is 1.76 bits per heavy atom. The summed E-state index contributed by atoms with van der Waals surface area (Å²) in [7, 11) is 0. The van der Waals surface area contributed by atoms with E-state index in [1.54, 1.807) is 0 Å². The van der Waals surface area contributed by atoms with E-state index >= 15 is 0 Å². The summed E-state index contributed by atoms with van der Waals surface area (Å²) < 4.78 is 0. The molecule has 0 fully saturated rings. The first-order valence-corrected chi connectivity index (χ1v) is 16.2. The molecular weight excluding hydrogens is 540 g/mol. The molecule has 1 aliphatic rings. The second-order valence-electron chi connectivity index (χ2n) is 14.6. The minimum atomic E-state index is 0.00322. The Hall–Kier alpha value is -4.94. The molecule has 0 aliphatic heterocycles. The molecule has 0 heterocycles. The maximum atomic E-state index is 2.42. The lowest BCUT2D eigenvalue weighted by Crippen LogP contribution is -2.14. The number of hydrogen-bond acceptors (Lipinski definition) is 0. The minimum absolute atomic E-state index is 0.00322. The summed E-state index contributed by atoms with van der Waals surface area (Å²) in [5.41, 5.74) is 12.2. The van der Waals surface area contributed by atoms with E-state index in [2.05, 4.69) is 162 Å². The van der Waals surface area contributed by atoms with Crippen LogP contribution in [0, 0.1) is 0 Å². The summed E-state index contributed by atoms with van der Waals surface area (Å²) in [5, 5.41) is 10.6. The van der Waals surface area contributed by atoms with E-state index in [1.807, 2.05) is 0 Å². The Kier molecular flexibility index (Phi) is 5.32. The molecule has 9 rings (SSSR count). The van der Waals surface area contributed by atoms with Crippen LogP contribution in [0.2, 0.25) is 0 Å². The van der Waals surface area contributed by atoms with Crippen LogP contribution in [0.5, 0.6) is 0 Å². The van der Waals surface area contributed by atoms with E-state index in [0.29, 0.717) is 0 Å². The monoisotopic (exact) mass is 576 g/mol. The Balaban J connectivity index is 1.14. The van der Waals surface area contributed by atoms with Crippen LogP contribution in [0.1, 0.15) is 51.3 Å². The van der Waals surface area contributed by atoms with Crippen molar-refractivity contribution < 1.29 is 0 Å². The smallest absolute Gasteiger partial charge is 0.0159 e. The van der Waals surface area contributed by atoms with Gasteiger partial charge in [0.1, 0.15) is 0 Å². The molecule has 0 saturated heterocycles. The van der Waals surface area contributed by atoms with Gasteiger partial charge in [-0.2, -0.15) is 0 Å². The number of benzene rings is 8. The molecule has 216 valence electrons. The first-order valence-electron chi connectivity index (χ1n) is 16.2. The lowest BCUT2D eigenvalue weighted by molar-refractivity contribution is 0.591. The summed E-state index contributed by atoms with van der Waals surface area (Å²) >= 11 is 0. The molecule has 0 aromatic heterocycles. The van der Waals surface area contributed by atoms with Crippen LogP contribution in [-0.2, 0) is 10.8 Å². The fourth-order valence-electron chi connectivity index (χ4n) is 7.98. The predicted molar refractivity (Wildman–Crippen MR) is 195 cm³/mol. The van der Waals surface area contributed by atoms with Gasteiger partial charge in [-0.1, -0.05) is 144 Å². The van der Waals surface area contributed by atoms with Gasteiger partial charge in [0.05, 0.1) is 0 Å². The zero-order valence-electron chi connectivity index (χ0n) is 26.6. The summed E-state index contributed by atoms with van der Waals surface area (Å²) in [4.78, 5) is 0. The van der Waals surface area contributed by atoms with E-state index in [-0.39, 0.29) is 10.8 Å². The molecule has 0 amide bonds. The average molecular weight is 577 g/mol. The van der Waals surface area contributed by atoms with Crippen molar-refractivity contribution in [1.29, 1.82) is 0 Å². The van der Waals surface area contributed by atoms with Gasteiger partial charge in [0.25, 0.3) is 0 Å². The van der Waals surface area contributed by atoms with Gasteiger partial charge in [-0.3, -0.25) is 0 Å². The van der Waals surface area contributed by atoms with Crippen molar-refractivity contribution in [2.45, 2.75) is 45.4 Å². The highest BCUT2D eigenvalue weighted by Crippen LogP contribution is 2.49. The molecule has 0 saturated carbocycles. The maximum Gasteiger partial charge on any atom is 0.0159 e. The Morgan fingerprint density at radius 1 is 0.422 bits per heavy atom. The van der Waals surface area contributed by atoms with E-state index in [1.165, 1.54) is 93.2 Å². The first-order chi connectivity index (χ1) is 21.7. The SMILES string of the molecule is CC(C)(C)c1cc2ccc3ccc(-c4ccc5cc(-c6ccc7c(c6)C(C)(C)c6ccccc6-7)ccc5c4)c4ccc(c1)c2c34. The number of hydrogen-bond donors (Lipinski definition) is 0. The lowest BCUT2D eigenvalue weighted by atomic mass is 9.81. The predicted octanol–water partition coefficient (Wildman–Crippen LogP) is 12.7. The molecule has 0 radical (unpaired) electrons. The van der Waals surface area contributed by atoms with Gasteiger partial charge < -0.3 is 0 Å². The number of fused-ring (bicyclic) bond motifs is 4. The van der Waals surface area contributed by atoms with Gasteiger partial charge in [-0.15, -0.1) is 0 Å². The molecule has 8 aromatic carbocycles. The van der Waals surface area contributed by atoms with Gasteiger partial charge in [0.2, 0.25) is 0 Å². The van der Waals surface area contributed by atoms with Gasteiger partial charge in [0.15, 0.2) is 0 Å². The van der Waals surface area contributed by atoms with Crippen molar-refractivity contribution in [2.24, 2.45) is 0 Å². The van der Waals surface area contributed by atoms with Crippen LogP contribution in [0.25, 0.3) is 76.5 Å². The molecule has 0 N–H and O–H groups in total. The maximum absolute atomic E-state index is 2.42. The average Bonchev–Trinajstić information content (AvgIpc) is 3.28. The van der Waals surface area contributed by atoms with E-state index < -0.39 is 0 Å². The van der Waals surface area contributed by atoms with Gasteiger partial charge >= 0.3 is 0 Å². The quantitative estimate of drug-likeness (QED) is 0.180. The molecule has 8 aromatic rings. The highest BCUT2D eigenvalue weighted by atomic mass is 14.4. The van der Waals surface area contributed by atoms with Crippen LogP contribution in [0.4, 0.5) is 0 Å². The lowest BCUT2D eigenvalue weighted by Gasteiger charge is -2.22. The van der Waals surface area contributed by atoms with Crippen LogP contribution in [-0.4, -0.2) is 0 Å². The Morgan fingerprint density at radius 2 is 0.978 bits per heavy atom. The summed E-state index contributed by atoms with van der Waals surface area (Å²) in [6, 6.07) is 48.5. The van der Waals surface area contributed by atoms with Crippen LogP contribution in [0.3, 0.4) is 0 Å². The van der Waals surface area contributed by atoms with Crippen molar-refractivity contribution in [3.8, 4) is 33.4 Å². The molecule has 1 aliphatic carbocycles. The fourth-order valence-corrected chi connectivity index (χ4v) is 7.98. The third-order valence-corrected chi connectivity index (χ3v) is 10.5. The summed E-state index contributed by atoms with van der Waals surface area (Å²) in [6.45, 7) is 11.6. The number of rotatable bonds is 2. The molecule has 0 unspecified atom stereocenters. The van der Waals surface area contributed by atoms with Crippen molar-refractivity contribution >= 4 is 43.1 Å². The minimum Gasteiger partial charge on any atom is -0.0619 e. The van der Waals surface area contributed by atoms with Crippen molar-refractivity contribution in [1.82, 2.24) is 0 Å². The molecule has 0 atom stereocenters. The van der Waals surface area contributed by atoms with Gasteiger partial charge in [0, 0.05) is 5.41 Å². The van der Waals surface area contributed by atoms with Crippen molar-refractivity contribution in [3.63, 3.8) is 0 Å². The normalized spacial score (nSPS) is 14.1. The van der Waals surface area contributed by atoms with Crippen molar-refractivity contribution in [2.75, 3.05) is 0 Å². The molecule has 0 spiro atoms. The van der Waals surface area contributed by atoms with Crippen LogP contribution in [0.15, 0.2) is 127 Å². The zero-order chi connectivity index (χ0) is 30.7. The highest BCUT2D eigenvalue weighted by molar-refractivity contribution is 6.25. The summed E-state index contributed by atoms with van der Waals surface area (Å²) in [6.07, 6.45) is 0. The molecule has 0 heteroatoms. The van der Waals surface area contributed by atoms with E-state index in [0.717, 1.165) is 0 Å². The van der Waals surface area contributed by atoms with Crippen LogP contribution >= 0.6 is 0 Å². The second-order valence-corrected chi connectivity index (χ2v) is 14.6. The third kappa shape index (κ3) is 3.85.